The van der Waals surface area contributed by atoms with Crippen molar-refractivity contribution >= 4 is 31.5 Å². The number of hydrogen-bond donors (Lipinski definition) is 2. The predicted molar refractivity (Wildman–Crippen MR) is 179 cm³/mol. The van der Waals surface area contributed by atoms with Crippen LogP contribution in [0, 0.1) is 5.92 Å². The molecule has 2 aliphatic rings. The lowest BCUT2D eigenvalue weighted by Gasteiger charge is -2.31. The number of aryl methyl sites for hydroxylation is 1. The van der Waals surface area contributed by atoms with Crippen molar-refractivity contribution in [2.24, 2.45) is 11.0 Å². The van der Waals surface area contributed by atoms with E-state index in [1.54, 1.807) is 4.90 Å². The summed E-state index contributed by atoms with van der Waals surface area (Å²) in [4.78, 5) is 39.4. The molecule has 1 saturated heterocycles. The lowest BCUT2D eigenvalue weighted by atomic mass is 9.95. The SMILES string of the molecule is C[C@H]1[C@H]([Si](C)(C)O)[C@@H](CC(=O)N(CCO)Cc2ccccc2)O[C@H]1CCc1cccc(N2N=C(c3ccccc3)CCC2=O)c1. The Morgan fingerprint density at radius 1 is 0.978 bits per heavy atom. The van der Waals surface area contributed by atoms with E-state index in [0.717, 1.165) is 40.9 Å². The fourth-order valence-electron chi connectivity index (χ4n) is 6.87. The van der Waals surface area contributed by atoms with Gasteiger partial charge in [0, 0.05) is 31.5 Å². The number of carbonyl (C=O) groups excluding carboxylic acids is 2. The number of aliphatic hydroxyl groups is 1. The molecule has 0 aliphatic carbocycles. The molecule has 0 unspecified atom stereocenters. The average Bonchev–Trinajstić information content (AvgIpc) is 3.35. The maximum absolute atomic E-state index is 13.5. The Bertz CT molecular complexity index is 1480. The van der Waals surface area contributed by atoms with Gasteiger partial charge in [-0.2, -0.15) is 5.10 Å². The molecule has 3 aromatic carbocycles. The van der Waals surface area contributed by atoms with Gasteiger partial charge in [0.25, 0.3) is 0 Å². The third-order valence-corrected chi connectivity index (χ3v) is 11.6. The maximum atomic E-state index is 13.5. The number of rotatable bonds is 12. The van der Waals surface area contributed by atoms with Crippen LogP contribution < -0.4 is 5.01 Å². The smallest absolute Gasteiger partial charge is 0.247 e. The van der Waals surface area contributed by atoms with Crippen LogP contribution in [0.4, 0.5) is 5.69 Å². The van der Waals surface area contributed by atoms with Crippen LogP contribution in [-0.4, -0.2) is 66.0 Å². The highest BCUT2D eigenvalue weighted by atomic mass is 28.4. The van der Waals surface area contributed by atoms with E-state index in [9.17, 15) is 19.5 Å². The molecule has 0 spiro atoms. The van der Waals surface area contributed by atoms with Gasteiger partial charge in [-0.25, -0.2) is 5.01 Å². The molecule has 0 radical (unpaired) electrons. The zero-order valence-corrected chi connectivity index (χ0v) is 27.5. The fourth-order valence-corrected chi connectivity index (χ4v) is 9.48. The molecule has 8 nitrogen and oxygen atoms in total. The molecule has 2 N–H and O–H groups in total. The van der Waals surface area contributed by atoms with E-state index in [2.05, 4.69) is 13.0 Å². The van der Waals surface area contributed by atoms with Gasteiger partial charge >= 0.3 is 0 Å². The first-order valence-corrected chi connectivity index (χ1v) is 19.0. The molecule has 0 saturated carbocycles. The molecule has 2 aliphatic heterocycles. The Hall–Kier alpha value is -3.63. The zero-order valence-electron chi connectivity index (χ0n) is 26.5. The summed E-state index contributed by atoms with van der Waals surface area (Å²) in [7, 11) is -2.67. The summed E-state index contributed by atoms with van der Waals surface area (Å²) in [5.41, 5.74) is 4.66. The Balaban J connectivity index is 1.27. The largest absolute Gasteiger partial charge is 0.432 e. The van der Waals surface area contributed by atoms with Gasteiger partial charge in [0.1, 0.15) is 0 Å². The molecule has 3 aromatic rings. The summed E-state index contributed by atoms with van der Waals surface area (Å²) in [6.07, 6.45) is 2.16. The molecule has 9 heteroatoms. The number of hydrazone groups is 1. The van der Waals surface area contributed by atoms with Crippen molar-refractivity contribution in [3.05, 3.63) is 102 Å². The second kappa shape index (κ2) is 14.6. The van der Waals surface area contributed by atoms with Crippen molar-refractivity contribution < 1.29 is 24.2 Å². The maximum Gasteiger partial charge on any atom is 0.247 e. The van der Waals surface area contributed by atoms with Crippen LogP contribution in [0.5, 0.6) is 0 Å². The zero-order chi connectivity index (χ0) is 32.0. The van der Waals surface area contributed by atoms with Crippen LogP contribution >= 0.6 is 0 Å². The summed E-state index contributed by atoms with van der Waals surface area (Å²) in [5.74, 6) is -0.0179. The lowest BCUT2D eigenvalue weighted by molar-refractivity contribution is -0.135. The molecule has 5 rings (SSSR count). The Morgan fingerprint density at radius 2 is 1.67 bits per heavy atom. The highest BCUT2D eigenvalue weighted by Crippen LogP contribution is 2.45. The van der Waals surface area contributed by atoms with Gasteiger partial charge in [-0.05, 0) is 60.7 Å². The number of carbonyl (C=O) groups is 2. The molecule has 0 bridgehead atoms. The molecule has 45 heavy (non-hydrogen) atoms. The molecular formula is C36H45N3O5Si. The molecule has 4 atom stereocenters. The Kier molecular flexibility index (Phi) is 10.7. The third kappa shape index (κ3) is 8.15. The van der Waals surface area contributed by atoms with Crippen molar-refractivity contribution in [2.45, 2.75) is 76.4 Å². The van der Waals surface area contributed by atoms with Gasteiger partial charge in [-0.1, -0.05) is 79.7 Å². The highest BCUT2D eigenvalue weighted by Gasteiger charge is 2.50. The number of hydrogen-bond acceptors (Lipinski definition) is 6. The monoisotopic (exact) mass is 627 g/mol. The first-order chi connectivity index (χ1) is 21.6. The minimum absolute atomic E-state index is 0.0208. The van der Waals surface area contributed by atoms with Crippen LogP contribution in [0.2, 0.25) is 18.6 Å². The Labute approximate surface area is 267 Å². The summed E-state index contributed by atoms with van der Waals surface area (Å²) in [6, 6.07) is 27.7. The standard InChI is InChI=1S/C36H45N3O5Si/c1-26-32(44-33(36(26)45(2,3)43)24-35(42)38(21-22-40)25-28-11-6-4-7-12-28)19-17-27-13-10-16-30(23-27)39-34(41)20-18-31(37-39)29-14-8-5-9-15-29/h4-16,23,26,32-33,36,40,43H,17-22,24-25H2,1-3H3/t26-,32+,33-,36+/m1/s1. The summed E-state index contributed by atoms with van der Waals surface area (Å²) >= 11 is 0. The van der Waals surface area contributed by atoms with Crippen LogP contribution in [0.15, 0.2) is 90.0 Å². The van der Waals surface area contributed by atoms with Gasteiger partial charge in [0.05, 0.1) is 36.6 Å². The normalized spacial score (nSPS) is 21.9. The number of amides is 2. The van der Waals surface area contributed by atoms with Crippen molar-refractivity contribution in [2.75, 3.05) is 18.2 Å². The topological polar surface area (TPSA) is 103 Å². The van der Waals surface area contributed by atoms with E-state index in [4.69, 9.17) is 9.84 Å². The van der Waals surface area contributed by atoms with Crippen LogP contribution in [-0.2, 0) is 27.3 Å². The Morgan fingerprint density at radius 3 is 2.36 bits per heavy atom. The van der Waals surface area contributed by atoms with Crippen molar-refractivity contribution in [1.29, 1.82) is 0 Å². The van der Waals surface area contributed by atoms with E-state index >= 15 is 0 Å². The predicted octanol–water partition coefficient (Wildman–Crippen LogP) is 5.53. The molecular weight excluding hydrogens is 582 g/mol. The van der Waals surface area contributed by atoms with E-state index < -0.39 is 8.32 Å². The first kappa shape index (κ1) is 32.8. The molecule has 0 aromatic heterocycles. The van der Waals surface area contributed by atoms with Crippen LogP contribution in [0.1, 0.15) is 49.3 Å². The van der Waals surface area contributed by atoms with E-state index in [1.807, 2.05) is 92.0 Å². The number of aliphatic hydroxyl groups excluding tert-OH is 1. The van der Waals surface area contributed by atoms with E-state index in [-0.39, 0.29) is 55.1 Å². The minimum Gasteiger partial charge on any atom is -0.432 e. The van der Waals surface area contributed by atoms with Crippen LogP contribution in [0.3, 0.4) is 0 Å². The van der Waals surface area contributed by atoms with Gasteiger partial charge in [0.2, 0.25) is 11.8 Å². The number of benzene rings is 3. The van der Waals surface area contributed by atoms with Gasteiger partial charge in [-0.15, -0.1) is 0 Å². The fraction of sp³-hybridized carbons (Fsp3) is 0.417. The quantitative estimate of drug-likeness (QED) is 0.257. The van der Waals surface area contributed by atoms with E-state index in [1.165, 1.54) is 5.01 Å². The van der Waals surface area contributed by atoms with Crippen molar-refractivity contribution in [3.63, 3.8) is 0 Å². The lowest BCUT2D eigenvalue weighted by Crippen LogP contribution is -2.42. The molecule has 1 fully saturated rings. The number of ether oxygens (including phenoxy) is 1. The van der Waals surface area contributed by atoms with Crippen LogP contribution in [0.25, 0.3) is 0 Å². The first-order valence-electron chi connectivity index (χ1n) is 16.0. The van der Waals surface area contributed by atoms with Gasteiger partial charge in [-0.3, -0.25) is 9.59 Å². The van der Waals surface area contributed by atoms with Gasteiger partial charge in [0.15, 0.2) is 8.32 Å². The summed E-state index contributed by atoms with van der Waals surface area (Å²) < 4.78 is 6.59. The van der Waals surface area contributed by atoms with E-state index in [0.29, 0.717) is 19.4 Å². The summed E-state index contributed by atoms with van der Waals surface area (Å²) in [5, 5.41) is 15.9. The number of anilines is 1. The van der Waals surface area contributed by atoms with Crippen molar-refractivity contribution in [1.82, 2.24) is 4.90 Å². The summed E-state index contributed by atoms with van der Waals surface area (Å²) in [6.45, 7) is 6.53. The van der Waals surface area contributed by atoms with Crippen molar-refractivity contribution in [3.8, 4) is 0 Å². The minimum atomic E-state index is -2.67. The second-order valence-corrected chi connectivity index (χ2v) is 16.8. The second-order valence-electron chi connectivity index (χ2n) is 12.8. The third-order valence-electron chi connectivity index (χ3n) is 9.05. The number of nitrogens with zero attached hydrogens (tertiary/aromatic N) is 3. The average molecular weight is 628 g/mol. The molecule has 2 heterocycles. The molecule has 2 amide bonds. The molecule has 238 valence electrons. The highest BCUT2D eigenvalue weighted by molar-refractivity contribution is 6.71. The van der Waals surface area contributed by atoms with Gasteiger partial charge < -0.3 is 19.5 Å².